The topological polar surface area (TPSA) is 26.0 Å². The molecule has 2 aromatic carbocycles. The Morgan fingerprint density at radius 1 is 1.10 bits per heavy atom. The number of hydrogen-bond donors (Lipinski definition) is 1. The van der Waals surface area contributed by atoms with Crippen LogP contribution in [-0.2, 0) is 0 Å². The van der Waals surface area contributed by atoms with Crippen molar-refractivity contribution in [3.8, 4) is 0 Å². The molecule has 3 rings (SSSR count). The summed E-state index contributed by atoms with van der Waals surface area (Å²) >= 11 is 6.00. The van der Waals surface area contributed by atoms with Crippen LogP contribution in [0.25, 0.3) is 0 Å². The van der Waals surface area contributed by atoms with E-state index in [1.165, 1.54) is 30.4 Å². The molecule has 0 aromatic heterocycles. The molecule has 1 fully saturated rings. The number of halogens is 1. The molecule has 0 aliphatic heterocycles. The minimum Gasteiger partial charge on any atom is -0.320 e. The van der Waals surface area contributed by atoms with E-state index >= 15 is 0 Å². The van der Waals surface area contributed by atoms with Crippen LogP contribution in [0.2, 0.25) is 5.02 Å². The summed E-state index contributed by atoms with van der Waals surface area (Å²) in [5.74, 6) is 0.776. The van der Waals surface area contributed by atoms with Gasteiger partial charge in [-0.05, 0) is 60.1 Å². The van der Waals surface area contributed by atoms with Crippen LogP contribution in [0, 0.1) is 6.92 Å². The molecule has 0 amide bonds. The zero-order chi connectivity index (χ0) is 14.1. The van der Waals surface area contributed by atoms with Gasteiger partial charge in [0, 0.05) is 5.02 Å². The zero-order valence-corrected chi connectivity index (χ0v) is 12.5. The highest BCUT2D eigenvalue weighted by Crippen LogP contribution is 2.36. The Morgan fingerprint density at radius 3 is 2.35 bits per heavy atom. The smallest absolute Gasteiger partial charge is 0.0554 e. The summed E-state index contributed by atoms with van der Waals surface area (Å²) in [6.07, 6.45) is 4.04. The number of rotatable bonds is 3. The van der Waals surface area contributed by atoms with Crippen LogP contribution < -0.4 is 5.73 Å². The van der Waals surface area contributed by atoms with Crippen molar-refractivity contribution < 1.29 is 0 Å². The van der Waals surface area contributed by atoms with Crippen molar-refractivity contribution in [2.45, 2.75) is 38.1 Å². The first-order chi connectivity index (χ1) is 9.65. The first-order valence-corrected chi connectivity index (χ1v) is 7.64. The van der Waals surface area contributed by atoms with Gasteiger partial charge in [0.15, 0.2) is 0 Å². The molecule has 1 aliphatic rings. The van der Waals surface area contributed by atoms with E-state index in [4.69, 9.17) is 17.3 Å². The molecule has 0 radical (unpaired) electrons. The van der Waals surface area contributed by atoms with Crippen molar-refractivity contribution in [2.24, 2.45) is 5.73 Å². The van der Waals surface area contributed by atoms with Gasteiger partial charge in [-0.25, -0.2) is 0 Å². The summed E-state index contributed by atoms with van der Waals surface area (Å²) in [5, 5.41) is 0.763. The standard InChI is InChI=1S/C18H20ClN/c1-12-11-16(19)9-10-17(12)18(20)15-7-5-14(6-8-15)13-3-2-4-13/h5-11,13,18H,2-4,20H2,1H3. The molecular weight excluding hydrogens is 266 g/mol. The molecule has 0 bridgehead atoms. The SMILES string of the molecule is Cc1cc(Cl)ccc1C(N)c1ccc(C2CCC2)cc1. The summed E-state index contributed by atoms with van der Waals surface area (Å²) in [4.78, 5) is 0. The number of aryl methyl sites for hydroxylation is 1. The van der Waals surface area contributed by atoms with E-state index < -0.39 is 0 Å². The maximum Gasteiger partial charge on any atom is 0.0554 e. The molecule has 2 heteroatoms. The van der Waals surface area contributed by atoms with Crippen molar-refractivity contribution in [3.05, 3.63) is 69.7 Å². The molecule has 104 valence electrons. The molecule has 0 saturated heterocycles. The second-order valence-electron chi connectivity index (χ2n) is 5.77. The fraction of sp³-hybridized carbons (Fsp3) is 0.333. The highest BCUT2D eigenvalue weighted by atomic mass is 35.5. The molecular formula is C18H20ClN. The lowest BCUT2D eigenvalue weighted by molar-refractivity contribution is 0.419. The second-order valence-corrected chi connectivity index (χ2v) is 6.21. The number of nitrogens with two attached hydrogens (primary N) is 1. The van der Waals surface area contributed by atoms with Crippen LogP contribution in [0.4, 0.5) is 0 Å². The average molecular weight is 286 g/mol. The predicted molar refractivity (Wildman–Crippen MR) is 85.3 cm³/mol. The maximum atomic E-state index is 6.40. The van der Waals surface area contributed by atoms with Crippen molar-refractivity contribution >= 4 is 11.6 Å². The monoisotopic (exact) mass is 285 g/mol. The Labute approximate surface area is 125 Å². The largest absolute Gasteiger partial charge is 0.320 e. The third kappa shape index (κ3) is 2.61. The fourth-order valence-corrected chi connectivity index (χ4v) is 3.11. The molecule has 0 spiro atoms. The van der Waals surface area contributed by atoms with Gasteiger partial charge in [-0.3, -0.25) is 0 Å². The van der Waals surface area contributed by atoms with Gasteiger partial charge in [0.2, 0.25) is 0 Å². The van der Waals surface area contributed by atoms with E-state index in [1.54, 1.807) is 0 Å². The van der Waals surface area contributed by atoms with Crippen LogP contribution in [0.1, 0.15) is 53.5 Å². The lowest BCUT2D eigenvalue weighted by Crippen LogP contribution is -2.14. The van der Waals surface area contributed by atoms with Crippen molar-refractivity contribution in [1.82, 2.24) is 0 Å². The molecule has 20 heavy (non-hydrogen) atoms. The van der Waals surface area contributed by atoms with E-state index in [2.05, 4.69) is 31.2 Å². The molecule has 1 unspecified atom stereocenters. The van der Waals surface area contributed by atoms with Gasteiger partial charge in [-0.2, -0.15) is 0 Å². The van der Waals surface area contributed by atoms with Crippen LogP contribution in [-0.4, -0.2) is 0 Å². The number of benzene rings is 2. The quantitative estimate of drug-likeness (QED) is 0.847. The Bertz CT molecular complexity index is 599. The zero-order valence-electron chi connectivity index (χ0n) is 11.8. The highest BCUT2D eigenvalue weighted by Gasteiger charge is 2.19. The van der Waals surface area contributed by atoms with Crippen molar-refractivity contribution in [1.29, 1.82) is 0 Å². The van der Waals surface area contributed by atoms with Crippen LogP contribution >= 0.6 is 11.6 Å². The molecule has 2 N–H and O–H groups in total. The van der Waals surface area contributed by atoms with Gasteiger partial charge in [0.05, 0.1) is 6.04 Å². The predicted octanol–water partition coefficient (Wildman–Crippen LogP) is 4.96. The van der Waals surface area contributed by atoms with Gasteiger partial charge < -0.3 is 5.73 Å². The van der Waals surface area contributed by atoms with Gasteiger partial charge in [0.1, 0.15) is 0 Å². The number of hydrogen-bond acceptors (Lipinski definition) is 1. The van der Waals surface area contributed by atoms with E-state index in [-0.39, 0.29) is 6.04 Å². The van der Waals surface area contributed by atoms with Crippen LogP contribution in [0.3, 0.4) is 0 Å². The van der Waals surface area contributed by atoms with Gasteiger partial charge in [0.25, 0.3) is 0 Å². The summed E-state index contributed by atoms with van der Waals surface area (Å²) in [7, 11) is 0. The van der Waals surface area contributed by atoms with Crippen LogP contribution in [0.15, 0.2) is 42.5 Å². The summed E-state index contributed by atoms with van der Waals surface area (Å²) in [5.41, 5.74) is 11.3. The Balaban J connectivity index is 1.84. The minimum atomic E-state index is -0.0808. The summed E-state index contributed by atoms with van der Waals surface area (Å²) in [6.45, 7) is 2.06. The van der Waals surface area contributed by atoms with E-state index in [1.807, 2.05) is 18.2 Å². The van der Waals surface area contributed by atoms with Gasteiger partial charge in [-0.15, -0.1) is 0 Å². The summed E-state index contributed by atoms with van der Waals surface area (Å²) < 4.78 is 0. The normalized spacial score (nSPS) is 16.8. The van der Waals surface area contributed by atoms with E-state index in [0.717, 1.165) is 22.1 Å². The highest BCUT2D eigenvalue weighted by molar-refractivity contribution is 6.30. The maximum absolute atomic E-state index is 6.40. The minimum absolute atomic E-state index is 0.0808. The molecule has 1 nitrogen and oxygen atoms in total. The van der Waals surface area contributed by atoms with Crippen molar-refractivity contribution in [2.75, 3.05) is 0 Å². The molecule has 1 saturated carbocycles. The van der Waals surface area contributed by atoms with E-state index in [9.17, 15) is 0 Å². The first-order valence-electron chi connectivity index (χ1n) is 7.26. The fourth-order valence-electron chi connectivity index (χ4n) is 2.88. The molecule has 1 aliphatic carbocycles. The summed E-state index contributed by atoms with van der Waals surface area (Å²) in [6, 6.07) is 14.7. The lowest BCUT2D eigenvalue weighted by atomic mass is 9.79. The Hall–Kier alpha value is -1.31. The Morgan fingerprint density at radius 2 is 1.80 bits per heavy atom. The van der Waals surface area contributed by atoms with Gasteiger partial charge in [-0.1, -0.05) is 48.4 Å². The van der Waals surface area contributed by atoms with Crippen LogP contribution in [0.5, 0.6) is 0 Å². The molecule has 1 atom stereocenters. The molecule has 0 heterocycles. The van der Waals surface area contributed by atoms with Crippen molar-refractivity contribution in [3.63, 3.8) is 0 Å². The van der Waals surface area contributed by atoms with Gasteiger partial charge >= 0.3 is 0 Å². The second kappa shape index (κ2) is 5.59. The molecule has 2 aromatic rings. The third-order valence-electron chi connectivity index (χ3n) is 4.44. The third-order valence-corrected chi connectivity index (χ3v) is 4.67. The first kappa shape index (κ1) is 13.7. The lowest BCUT2D eigenvalue weighted by Gasteiger charge is -2.26. The van der Waals surface area contributed by atoms with E-state index in [0.29, 0.717) is 0 Å². The average Bonchev–Trinajstić information content (AvgIpc) is 2.37. The Kier molecular flexibility index (Phi) is 3.82.